The number of hydrogen-bond donors (Lipinski definition) is 2. The molecule has 4 aliphatic rings. The molecular formula is C20H32N4O8S. The number of carbonyl (C=O) groups excluding carboxylic acids is 3. The molecule has 3 saturated heterocycles. The van der Waals surface area contributed by atoms with Gasteiger partial charge in [0, 0.05) is 25.7 Å². The Hall–Kier alpha value is -2.12. The zero-order chi connectivity index (χ0) is 24.2. The predicted octanol–water partition coefficient (Wildman–Crippen LogP) is 1.29. The van der Waals surface area contributed by atoms with Crippen molar-refractivity contribution >= 4 is 28.4 Å². The Morgan fingerprint density at radius 2 is 1.79 bits per heavy atom. The van der Waals surface area contributed by atoms with Crippen LogP contribution in [-0.4, -0.2) is 89.2 Å². The molecule has 1 saturated carbocycles. The molecule has 1 aliphatic carbocycles. The van der Waals surface area contributed by atoms with Gasteiger partial charge < -0.3 is 19.9 Å². The first kappa shape index (κ1) is 24.0. The number of hydroxylamine groups is 2. The number of amides is 4. The molecule has 2 atom stereocenters. The SMILES string of the molecule is CC(C)(C)OC(=O)N1CCC2(CC1)CC(NC(=O)[C@@H]1CC[C@@H]3CN1C(=O)N3OS(=O)(=O)O)C2. The number of fused-ring (bicyclic) bond motifs is 2. The summed E-state index contributed by atoms with van der Waals surface area (Å²) in [4.78, 5) is 40.7. The highest BCUT2D eigenvalue weighted by Gasteiger charge is 2.51. The minimum absolute atomic E-state index is 0.00572. The van der Waals surface area contributed by atoms with Crippen molar-refractivity contribution in [2.75, 3.05) is 19.6 Å². The van der Waals surface area contributed by atoms with E-state index in [0.717, 1.165) is 25.7 Å². The summed E-state index contributed by atoms with van der Waals surface area (Å²) in [6.07, 6.45) is 3.84. The lowest BCUT2D eigenvalue weighted by atomic mass is 9.60. The summed E-state index contributed by atoms with van der Waals surface area (Å²) in [5.41, 5.74) is -0.416. The molecule has 0 unspecified atom stereocenters. The van der Waals surface area contributed by atoms with Crippen LogP contribution in [0, 0.1) is 5.41 Å². The van der Waals surface area contributed by atoms with Crippen molar-refractivity contribution in [1.29, 1.82) is 0 Å². The second-order valence-electron chi connectivity index (χ2n) is 10.6. The lowest BCUT2D eigenvalue weighted by Gasteiger charge is -2.52. The molecule has 2 bridgehead atoms. The Balaban J connectivity index is 1.25. The number of urea groups is 1. The Bertz CT molecular complexity index is 917. The van der Waals surface area contributed by atoms with Gasteiger partial charge in [-0.25, -0.2) is 9.59 Å². The number of carbonyl (C=O) groups is 3. The van der Waals surface area contributed by atoms with Crippen molar-refractivity contribution in [2.45, 2.75) is 83.0 Å². The largest absolute Gasteiger partial charge is 0.444 e. The minimum Gasteiger partial charge on any atom is -0.444 e. The minimum atomic E-state index is -4.82. The van der Waals surface area contributed by atoms with E-state index >= 15 is 0 Å². The van der Waals surface area contributed by atoms with E-state index in [0.29, 0.717) is 31.0 Å². The summed E-state index contributed by atoms with van der Waals surface area (Å²) in [6.45, 7) is 6.96. The monoisotopic (exact) mass is 488 g/mol. The summed E-state index contributed by atoms with van der Waals surface area (Å²) < 4.78 is 40.7. The van der Waals surface area contributed by atoms with E-state index in [2.05, 4.69) is 9.60 Å². The maximum absolute atomic E-state index is 12.9. The quantitative estimate of drug-likeness (QED) is 0.563. The van der Waals surface area contributed by atoms with E-state index in [-0.39, 0.29) is 30.0 Å². The van der Waals surface area contributed by atoms with Gasteiger partial charge in [0.1, 0.15) is 11.6 Å². The van der Waals surface area contributed by atoms with Crippen molar-refractivity contribution < 1.29 is 36.4 Å². The molecule has 2 N–H and O–H groups in total. The number of piperidine rings is 2. The van der Waals surface area contributed by atoms with Crippen LogP contribution >= 0.6 is 0 Å². The molecule has 1 spiro atoms. The van der Waals surface area contributed by atoms with Crippen molar-refractivity contribution in [3.63, 3.8) is 0 Å². The van der Waals surface area contributed by atoms with Crippen molar-refractivity contribution in [3.8, 4) is 0 Å². The summed E-state index contributed by atoms with van der Waals surface area (Å²) in [7, 11) is -4.82. The number of likely N-dealkylation sites (tertiary alicyclic amines) is 1. The normalized spacial score (nSPS) is 27.5. The summed E-state index contributed by atoms with van der Waals surface area (Å²) in [6, 6.07) is -1.96. The summed E-state index contributed by atoms with van der Waals surface area (Å²) in [5, 5.41) is 3.66. The fraction of sp³-hybridized carbons (Fsp3) is 0.850. The average molecular weight is 489 g/mol. The van der Waals surface area contributed by atoms with Gasteiger partial charge in [0.05, 0.1) is 6.04 Å². The average Bonchev–Trinajstić information content (AvgIpc) is 2.89. The summed E-state index contributed by atoms with van der Waals surface area (Å²) >= 11 is 0. The molecule has 0 aromatic carbocycles. The second-order valence-corrected chi connectivity index (χ2v) is 11.6. The first-order valence-corrected chi connectivity index (χ1v) is 12.7. The molecular weight excluding hydrogens is 456 g/mol. The van der Waals surface area contributed by atoms with Crippen LogP contribution in [0.4, 0.5) is 9.59 Å². The Kier molecular flexibility index (Phi) is 6.02. The van der Waals surface area contributed by atoms with Gasteiger partial charge in [-0.3, -0.25) is 9.35 Å². The van der Waals surface area contributed by atoms with Crippen LogP contribution in [0.15, 0.2) is 0 Å². The molecule has 13 heteroatoms. The fourth-order valence-electron chi connectivity index (χ4n) is 5.39. The molecule has 4 fully saturated rings. The fourth-order valence-corrected chi connectivity index (χ4v) is 5.78. The van der Waals surface area contributed by atoms with Crippen molar-refractivity contribution in [1.82, 2.24) is 20.2 Å². The van der Waals surface area contributed by atoms with Crippen LogP contribution in [0.25, 0.3) is 0 Å². The number of rotatable bonds is 4. The van der Waals surface area contributed by atoms with Gasteiger partial charge in [-0.05, 0) is 64.7 Å². The van der Waals surface area contributed by atoms with E-state index < -0.39 is 34.1 Å². The van der Waals surface area contributed by atoms with Crippen LogP contribution in [0.3, 0.4) is 0 Å². The van der Waals surface area contributed by atoms with Crippen LogP contribution < -0.4 is 5.32 Å². The maximum Gasteiger partial charge on any atom is 0.418 e. The molecule has 33 heavy (non-hydrogen) atoms. The first-order valence-electron chi connectivity index (χ1n) is 11.3. The van der Waals surface area contributed by atoms with E-state index in [1.54, 1.807) is 4.90 Å². The molecule has 0 aromatic rings. The maximum atomic E-state index is 12.9. The molecule has 3 aliphatic heterocycles. The highest BCUT2D eigenvalue weighted by atomic mass is 32.3. The first-order chi connectivity index (χ1) is 15.3. The number of hydrogen-bond acceptors (Lipinski definition) is 7. The van der Waals surface area contributed by atoms with Crippen LogP contribution in [0.2, 0.25) is 0 Å². The molecule has 0 aromatic heterocycles. The van der Waals surface area contributed by atoms with E-state index in [1.165, 1.54) is 4.90 Å². The predicted molar refractivity (Wildman–Crippen MR) is 114 cm³/mol. The number of nitrogens with zero attached hydrogens (tertiary/aromatic N) is 3. The Morgan fingerprint density at radius 1 is 1.15 bits per heavy atom. The highest BCUT2D eigenvalue weighted by Crippen LogP contribution is 2.49. The number of nitrogens with one attached hydrogen (secondary N) is 1. The third-order valence-electron chi connectivity index (χ3n) is 6.98. The van der Waals surface area contributed by atoms with E-state index in [4.69, 9.17) is 9.29 Å². The second kappa shape index (κ2) is 8.27. The number of ether oxygens (including phenoxy) is 1. The lowest BCUT2D eigenvalue weighted by Crippen LogP contribution is -2.59. The summed E-state index contributed by atoms with van der Waals surface area (Å²) in [5.74, 6) is -0.262. The van der Waals surface area contributed by atoms with Crippen molar-refractivity contribution in [2.24, 2.45) is 5.41 Å². The zero-order valence-electron chi connectivity index (χ0n) is 19.2. The third kappa shape index (κ3) is 5.19. The van der Waals surface area contributed by atoms with Crippen molar-refractivity contribution in [3.05, 3.63) is 0 Å². The molecule has 4 amide bonds. The van der Waals surface area contributed by atoms with Crippen LogP contribution in [0.1, 0.15) is 59.3 Å². The van der Waals surface area contributed by atoms with Gasteiger partial charge in [-0.2, -0.15) is 13.5 Å². The molecule has 4 rings (SSSR count). The third-order valence-corrected chi connectivity index (χ3v) is 7.33. The molecule has 12 nitrogen and oxygen atoms in total. The molecule has 3 heterocycles. The van der Waals surface area contributed by atoms with Crippen LogP contribution in [0.5, 0.6) is 0 Å². The Morgan fingerprint density at radius 3 is 2.36 bits per heavy atom. The highest BCUT2D eigenvalue weighted by molar-refractivity contribution is 7.80. The van der Waals surface area contributed by atoms with Gasteiger partial charge in [0.2, 0.25) is 5.91 Å². The van der Waals surface area contributed by atoms with Gasteiger partial charge in [0.25, 0.3) is 0 Å². The molecule has 186 valence electrons. The molecule has 0 radical (unpaired) electrons. The van der Waals surface area contributed by atoms with E-state index in [9.17, 15) is 22.8 Å². The lowest BCUT2D eigenvalue weighted by molar-refractivity contribution is -0.129. The van der Waals surface area contributed by atoms with Gasteiger partial charge in [-0.1, -0.05) is 0 Å². The zero-order valence-corrected chi connectivity index (χ0v) is 20.0. The standard InChI is InChI=1S/C20H32N4O8S/c1-19(2,3)31-18(27)22-8-6-20(7-9-22)10-13(11-20)21-16(25)15-5-4-14-12-23(15)17(26)24(14)32-33(28,29)30/h13-15H,4-12H2,1-3H3,(H,21,25)(H,28,29,30)/t14-,15+/m1/s1. The Labute approximate surface area is 193 Å². The topological polar surface area (TPSA) is 146 Å². The van der Waals surface area contributed by atoms with Crippen LogP contribution in [-0.2, 0) is 24.2 Å². The smallest absolute Gasteiger partial charge is 0.418 e. The van der Waals surface area contributed by atoms with Gasteiger partial charge in [0.15, 0.2) is 0 Å². The van der Waals surface area contributed by atoms with Gasteiger partial charge >= 0.3 is 22.5 Å². The van der Waals surface area contributed by atoms with E-state index in [1.807, 2.05) is 20.8 Å². The van der Waals surface area contributed by atoms with Gasteiger partial charge in [-0.15, -0.1) is 4.28 Å².